The smallest absolute Gasteiger partial charge is 0.233 e. The highest BCUT2D eigenvalue weighted by atomic mass is 32.1. The van der Waals surface area contributed by atoms with Crippen LogP contribution < -0.4 is 15.8 Å². The molecule has 6 nitrogen and oxygen atoms in total. The molecule has 1 aromatic heterocycles. The van der Waals surface area contributed by atoms with Crippen LogP contribution in [0.25, 0.3) is 5.69 Å². The van der Waals surface area contributed by atoms with Crippen LogP contribution in [0.3, 0.4) is 0 Å². The number of nitrogens with two attached hydrogens (primary N) is 1. The lowest BCUT2D eigenvalue weighted by molar-refractivity contribution is 0.414. The zero-order valence-electron chi connectivity index (χ0n) is 12.4. The van der Waals surface area contributed by atoms with Crippen molar-refractivity contribution in [2.45, 2.75) is 0 Å². The standard InChI is InChI=1S/C16H15N5OS/c1-22-13-9-7-12(8-10-13)21-14(17)19-15(20-16(21)23)18-11-5-3-2-4-6-11/h2-10H,1H3,(H3,17,18,19,20,23). The van der Waals surface area contributed by atoms with E-state index < -0.39 is 0 Å². The van der Waals surface area contributed by atoms with Crippen LogP contribution in [-0.2, 0) is 0 Å². The minimum absolute atomic E-state index is 0.258. The van der Waals surface area contributed by atoms with Gasteiger partial charge in [0.25, 0.3) is 0 Å². The maximum atomic E-state index is 6.05. The van der Waals surface area contributed by atoms with Crippen LogP contribution in [0.15, 0.2) is 54.6 Å². The lowest BCUT2D eigenvalue weighted by atomic mass is 10.3. The lowest BCUT2D eigenvalue weighted by Crippen LogP contribution is -2.11. The van der Waals surface area contributed by atoms with Gasteiger partial charge in [-0.2, -0.15) is 9.97 Å². The third-order valence-electron chi connectivity index (χ3n) is 3.20. The summed E-state index contributed by atoms with van der Waals surface area (Å²) in [5, 5.41) is 3.08. The van der Waals surface area contributed by atoms with E-state index in [4.69, 9.17) is 22.7 Å². The number of anilines is 3. The summed E-state index contributed by atoms with van der Waals surface area (Å²) >= 11 is 5.35. The quantitative estimate of drug-likeness (QED) is 0.716. The Morgan fingerprint density at radius 2 is 1.74 bits per heavy atom. The van der Waals surface area contributed by atoms with E-state index in [-0.39, 0.29) is 5.95 Å². The van der Waals surface area contributed by atoms with Crippen molar-refractivity contribution in [1.29, 1.82) is 0 Å². The van der Waals surface area contributed by atoms with Gasteiger partial charge in [0, 0.05) is 5.69 Å². The Labute approximate surface area is 138 Å². The molecule has 1 heterocycles. The van der Waals surface area contributed by atoms with E-state index in [1.807, 2.05) is 54.6 Å². The maximum Gasteiger partial charge on any atom is 0.233 e. The van der Waals surface area contributed by atoms with Crippen LogP contribution in [-0.4, -0.2) is 21.6 Å². The van der Waals surface area contributed by atoms with Crippen LogP contribution in [0.5, 0.6) is 5.75 Å². The molecule has 7 heteroatoms. The van der Waals surface area contributed by atoms with Gasteiger partial charge in [0.1, 0.15) is 5.75 Å². The summed E-state index contributed by atoms with van der Waals surface area (Å²) in [6.45, 7) is 0. The topological polar surface area (TPSA) is 78.0 Å². The molecule has 0 unspecified atom stereocenters. The maximum absolute atomic E-state index is 6.05. The van der Waals surface area contributed by atoms with Crippen molar-refractivity contribution in [1.82, 2.24) is 14.5 Å². The number of benzene rings is 2. The summed E-state index contributed by atoms with van der Waals surface area (Å²) in [5.74, 6) is 1.37. The van der Waals surface area contributed by atoms with Gasteiger partial charge in [0.05, 0.1) is 12.8 Å². The van der Waals surface area contributed by atoms with Gasteiger partial charge in [0.2, 0.25) is 16.7 Å². The summed E-state index contributed by atoms with van der Waals surface area (Å²) in [5.41, 5.74) is 7.69. The van der Waals surface area contributed by atoms with Gasteiger partial charge in [-0.15, -0.1) is 0 Å². The van der Waals surface area contributed by atoms with Crippen molar-refractivity contribution in [3.05, 3.63) is 59.4 Å². The molecule has 3 rings (SSSR count). The summed E-state index contributed by atoms with van der Waals surface area (Å²) in [7, 11) is 1.61. The van der Waals surface area contributed by atoms with E-state index >= 15 is 0 Å². The molecule has 0 aliphatic carbocycles. The monoisotopic (exact) mass is 325 g/mol. The molecule has 0 radical (unpaired) electrons. The normalized spacial score (nSPS) is 10.3. The van der Waals surface area contributed by atoms with Gasteiger partial charge in [-0.25, -0.2) is 0 Å². The zero-order chi connectivity index (χ0) is 16.2. The molecule has 0 aliphatic heterocycles. The van der Waals surface area contributed by atoms with Crippen LogP contribution in [0.4, 0.5) is 17.6 Å². The summed E-state index contributed by atoms with van der Waals surface area (Å²) in [4.78, 5) is 8.56. The van der Waals surface area contributed by atoms with Crippen molar-refractivity contribution >= 4 is 29.8 Å². The number of ether oxygens (including phenoxy) is 1. The van der Waals surface area contributed by atoms with E-state index in [9.17, 15) is 0 Å². The molecule has 0 saturated carbocycles. The Bertz CT molecular complexity index is 862. The second-order valence-electron chi connectivity index (χ2n) is 4.71. The molecule has 0 fully saturated rings. The number of para-hydroxylation sites is 1. The fraction of sp³-hybridized carbons (Fsp3) is 0.0625. The molecule has 23 heavy (non-hydrogen) atoms. The van der Waals surface area contributed by atoms with Gasteiger partial charge >= 0.3 is 0 Å². The number of hydrogen-bond donors (Lipinski definition) is 2. The molecular formula is C16H15N5OS. The zero-order valence-corrected chi connectivity index (χ0v) is 13.2. The Hall–Kier alpha value is -2.93. The van der Waals surface area contributed by atoms with Crippen molar-refractivity contribution in [2.75, 3.05) is 18.2 Å². The lowest BCUT2D eigenvalue weighted by Gasteiger charge is -2.12. The molecule has 116 valence electrons. The van der Waals surface area contributed by atoms with Crippen molar-refractivity contribution in [3.63, 3.8) is 0 Å². The highest BCUT2D eigenvalue weighted by Gasteiger charge is 2.08. The number of methoxy groups -OCH3 is 1. The highest BCUT2D eigenvalue weighted by molar-refractivity contribution is 7.71. The minimum Gasteiger partial charge on any atom is -0.497 e. The second kappa shape index (κ2) is 6.45. The summed E-state index contributed by atoms with van der Waals surface area (Å²) in [6.07, 6.45) is 0. The number of aromatic nitrogens is 3. The van der Waals surface area contributed by atoms with E-state index in [1.165, 1.54) is 0 Å². The van der Waals surface area contributed by atoms with E-state index in [2.05, 4.69) is 15.3 Å². The molecule has 0 aliphatic rings. The largest absolute Gasteiger partial charge is 0.497 e. The number of rotatable bonds is 4. The predicted octanol–water partition coefficient (Wildman–Crippen LogP) is 3.33. The third-order valence-corrected chi connectivity index (χ3v) is 3.48. The Morgan fingerprint density at radius 1 is 1.04 bits per heavy atom. The van der Waals surface area contributed by atoms with Gasteiger partial charge in [-0.1, -0.05) is 18.2 Å². The molecule has 0 atom stereocenters. The first-order chi connectivity index (χ1) is 11.2. The molecule has 0 saturated heterocycles. The van der Waals surface area contributed by atoms with Gasteiger partial charge in [-0.3, -0.25) is 4.57 Å². The summed E-state index contributed by atoms with van der Waals surface area (Å²) in [6, 6.07) is 16.9. The third kappa shape index (κ3) is 3.29. The first-order valence-corrected chi connectivity index (χ1v) is 7.31. The average Bonchev–Trinajstić information content (AvgIpc) is 2.56. The van der Waals surface area contributed by atoms with Crippen LogP contribution in [0.1, 0.15) is 0 Å². The van der Waals surface area contributed by atoms with Gasteiger partial charge in [-0.05, 0) is 48.6 Å². The predicted molar refractivity (Wildman–Crippen MR) is 92.9 cm³/mol. The Kier molecular flexibility index (Phi) is 4.20. The fourth-order valence-corrected chi connectivity index (χ4v) is 2.39. The van der Waals surface area contributed by atoms with Crippen LogP contribution in [0.2, 0.25) is 0 Å². The molecule has 2 aromatic carbocycles. The van der Waals surface area contributed by atoms with Crippen molar-refractivity contribution in [3.8, 4) is 11.4 Å². The number of nitrogens with one attached hydrogen (secondary N) is 1. The van der Waals surface area contributed by atoms with Crippen molar-refractivity contribution in [2.24, 2.45) is 0 Å². The molecule has 0 spiro atoms. The average molecular weight is 325 g/mol. The number of nitrogen functional groups attached to an aromatic ring is 1. The first kappa shape index (κ1) is 15.0. The van der Waals surface area contributed by atoms with E-state index in [0.717, 1.165) is 17.1 Å². The fourth-order valence-electron chi connectivity index (χ4n) is 2.10. The number of nitrogens with zero attached hydrogens (tertiary/aromatic N) is 3. The summed E-state index contributed by atoms with van der Waals surface area (Å²) < 4.78 is 7.07. The van der Waals surface area contributed by atoms with Crippen LogP contribution in [0, 0.1) is 4.77 Å². The van der Waals surface area contributed by atoms with Crippen LogP contribution >= 0.6 is 12.2 Å². The molecular weight excluding hydrogens is 310 g/mol. The SMILES string of the molecule is COc1ccc(-n2c(N)nc(Nc3ccccc3)nc2=S)cc1. The molecule has 0 bridgehead atoms. The molecule has 3 N–H and O–H groups in total. The van der Waals surface area contributed by atoms with Crippen molar-refractivity contribution < 1.29 is 4.74 Å². The minimum atomic E-state index is 0.258. The van der Waals surface area contributed by atoms with Gasteiger partial charge in [0.15, 0.2) is 0 Å². The van der Waals surface area contributed by atoms with E-state index in [0.29, 0.717) is 10.7 Å². The van der Waals surface area contributed by atoms with Gasteiger partial charge < -0.3 is 15.8 Å². The molecule has 3 aromatic rings. The second-order valence-corrected chi connectivity index (χ2v) is 5.08. The molecule has 0 amide bonds. The first-order valence-electron chi connectivity index (χ1n) is 6.90. The Balaban J connectivity index is 1.95. The number of hydrogen-bond acceptors (Lipinski definition) is 6. The Morgan fingerprint density at radius 3 is 2.35 bits per heavy atom. The van der Waals surface area contributed by atoms with E-state index in [1.54, 1.807) is 11.7 Å². The highest BCUT2D eigenvalue weighted by Crippen LogP contribution is 2.19.